The van der Waals surface area contributed by atoms with E-state index >= 15 is 0 Å². The van der Waals surface area contributed by atoms with Crippen molar-refractivity contribution in [3.05, 3.63) is 82.2 Å². The molecular weight excluding hydrogens is 460 g/mol. The summed E-state index contributed by atoms with van der Waals surface area (Å²) in [6.07, 6.45) is 3.38. The number of rotatable bonds is 8. The van der Waals surface area contributed by atoms with Crippen LogP contribution in [0.15, 0.2) is 60.9 Å². The number of nitrogens with one attached hydrogen (secondary N) is 1. The molecule has 1 aliphatic rings. The summed E-state index contributed by atoms with van der Waals surface area (Å²) in [5.41, 5.74) is 1.95. The monoisotopic (exact) mass is 486 g/mol. The van der Waals surface area contributed by atoms with Gasteiger partial charge in [-0.1, -0.05) is 42.5 Å². The summed E-state index contributed by atoms with van der Waals surface area (Å²) in [6, 6.07) is 18.2. The van der Waals surface area contributed by atoms with Gasteiger partial charge >= 0.3 is 11.7 Å². The molecule has 2 heterocycles. The van der Waals surface area contributed by atoms with E-state index in [1.807, 2.05) is 30.3 Å². The molecule has 1 aromatic heterocycles. The minimum atomic E-state index is -0.639. The first-order valence-corrected chi connectivity index (χ1v) is 11.8. The molecule has 10 nitrogen and oxygen atoms in total. The average molecular weight is 487 g/mol. The van der Waals surface area contributed by atoms with Gasteiger partial charge in [-0.05, 0) is 49.4 Å². The Morgan fingerprint density at radius 3 is 2.58 bits per heavy atom. The zero-order valence-corrected chi connectivity index (χ0v) is 19.8. The standard InChI is InChI=1S/C26H26N6O4/c1-2-36-26(33)22-10-6-7-15-31(22)25-23(32(34)35)24(28-17-29-25)30-20-13-11-19(12-14-20)21(16-27)18-8-4-3-5-9-18/h3-5,8-9,11-14,17,21-22H,2,6-7,10,15H2,1H3,(H,28,29,30). The van der Waals surface area contributed by atoms with Crippen molar-refractivity contribution >= 4 is 29.0 Å². The number of esters is 1. The number of nitro groups is 1. The molecule has 2 unspecified atom stereocenters. The van der Waals surface area contributed by atoms with Crippen molar-refractivity contribution in [3.8, 4) is 6.07 Å². The number of carbonyl (C=O) groups is 1. The number of aromatic nitrogens is 2. The Morgan fingerprint density at radius 2 is 1.92 bits per heavy atom. The van der Waals surface area contributed by atoms with E-state index in [-0.39, 0.29) is 23.9 Å². The summed E-state index contributed by atoms with van der Waals surface area (Å²) in [4.78, 5) is 34.1. The third-order valence-corrected chi connectivity index (χ3v) is 6.09. The molecule has 36 heavy (non-hydrogen) atoms. The molecule has 2 aromatic carbocycles. The van der Waals surface area contributed by atoms with Gasteiger partial charge in [0.2, 0.25) is 11.6 Å². The van der Waals surface area contributed by atoms with Gasteiger partial charge in [0.05, 0.1) is 23.5 Å². The van der Waals surface area contributed by atoms with Crippen LogP contribution < -0.4 is 10.2 Å². The van der Waals surface area contributed by atoms with E-state index in [1.165, 1.54) is 6.33 Å². The van der Waals surface area contributed by atoms with Crippen LogP contribution in [0, 0.1) is 21.4 Å². The molecule has 0 bridgehead atoms. The second-order valence-electron chi connectivity index (χ2n) is 8.33. The van der Waals surface area contributed by atoms with Crippen molar-refractivity contribution < 1.29 is 14.5 Å². The lowest BCUT2D eigenvalue weighted by molar-refractivity contribution is -0.383. The maximum absolute atomic E-state index is 12.5. The lowest BCUT2D eigenvalue weighted by atomic mass is 9.92. The van der Waals surface area contributed by atoms with Crippen molar-refractivity contribution in [2.75, 3.05) is 23.4 Å². The Balaban J connectivity index is 1.62. The summed E-state index contributed by atoms with van der Waals surface area (Å²) >= 11 is 0. The summed E-state index contributed by atoms with van der Waals surface area (Å²) in [6.45, 7) is 2.41. The fraction of sp³-hybridized carbons (Fsp3) is 0.308. The van der Waals surface area contributed by atoms with Crippen LogP contribution in [0.2, 0.25) is 0 Å². The minimum absolute atomic E-state index is 0.0193. The number of hydrogen-bond donors (Lipinski definition) is 1. The second kappa shape index (κ2) is 11.3. The van der Waals surface area contributed by atoms with Gasteiger partial charge in [-0.2, -0.15) is 5.26 Å². The largest absolute Gasteiger partial charge is 0.464 e. The zero-order chi connectivity index (χ0) is 25.5. The van der Waals surface area contributed by atoms with E-state index in [0.717, 1.165) is 24.0 Å². The number of hydrogen-bond acceptors (Lipinski definition) is 9. The molecular formula is C26H26N6O4. The summed E-state index contributed by atoms with van der Waals surface area (Å²) < 4.78 is 5.20. The zero-order valence-electron chi connectivity index (χ0n) is 19.8. The van der Waals surface area contributed by atoms with Crippen LogP contribution in [0.25, 0.3) is 0 Å². The molecule has 1 N–H and O–H groups in total. The molecule has 10 heteroatoms. The maximum atomic E-state index is 12.5. The minimum Gasteiger partial charge on any atom is -0.464 e. The first kappa shape index (κ1) is 24.6. The number of anilines is 3. The van der Waals surface area contributed by atoms with Gasteiger partial charge in [-0.25, -0.2) is 14.8 Å². The van der Waals surface area contributed by atoms with E-state index in [0.29, 0.717) is 18.7 Å². The Morgan fingerprint density at radius 1 is 1.19 bits per heavy atom. The summed E-state index contributed by atoms with van der Waals surface area (Å²) in [5.74, 6) is -0.744. The first-order chi connectivity index (χ1) is 17.5. The molecule has 0 aliphatic carbocycles. The van der Waals surface area contributed by atoms with Gasteiger partial charge in [0.1, 0.15) is 12.4 Å². The van der Waals surface area contributed by atoms with E-state index < -0.39 is 22.9 Å². The number of piperidine rings is 1. The van der Waals surface area contributed by atoms with Gasteiger partial charge < -0.3 is 15.0 Å². The molecule has 1 fully saturated rings. The third-order valence-electron chi connectivity index (χ3n) is 6.09. The molecule has 184 valence electrons. The Labute approximate surface area is 208 Å². The number of benzene rings is 2. The molecule has 3 aromatic rings. The summed E-state index contributed by atoms with van der Waals surface area (Å²) in [7, 11) is 0. The van der Waals surface area contributed by atoms with Crippen LogP contribution in [0.1, 0.15) is 43.2 Å². The smallest absolute Gasteiger partial charge is 0.353 e. The van der Waals surface area contributed by atoms with Crippen LogP contribution in [0.3, 0.4) is 0 Å². The van der Waals surface area contributed by atoms with E-state index in [4.69, 9.17) is 4.74 Å². The van der Waals surface area contributed by atoms with Gasteiger partial charge in [0.15, 0.2) is 0 Å². The van der Waals surface area contributed by atoms with Crippen LogP contribution in [0.5, 0.6) is 0 Å². The lowest BCUT2D eigenvalue weighted by Crippen LogP contribution is -2.46. The molecule has 0 radical (unpaired) electrons. The molecule has 0 amide bonds. The molecule has 1 saturated heterocycles. The van der Waals surface area contributed by atoms with Gasteiger partial charge in [0.25, 0.3) is 0 Å². The maximum Gasteiger partial charge on any atom is 0.353 e. The normalized spacial score (nSPS) is 16.0. The average Bonchev–Trinajstić information content (AvgIpc) is 2.90. The fourth-order valence-corrected chi connectivity index (χ4v) is 4.39. The van der Waals surface area contributed by atoms with Gasteiger partial charge in [0, 0.05) is 12.2 Å². The molecule has 4 rings (SSSR count). The Bertz CT molecular complexity index is 1260. The van der Waals surface area contributed by atoms with Crippen LogP contribution in [0.4, 0.5) is 23.0 Å². The topological polar surface area (TPSA) is 134 Å². The van der Waals surface area contributed by atoms with Crippen molar-refractivity contribution in [1.29, 1.82) is 5.26 Å². The molecule has 0 saturated carbocycles. The number of ether oxygens (including phenoxy) is 1. The Hall–Kier alpha value is -4.52. The quantitative estimate of drug-likeness (QED) is 0.273. The van der Waals surface area contributed by atoms with Crippen molar-refractivity contribution in [2.24, 2.45) is 0 Å². The van der Waals surface area contributed by atoms with Crippen LogP contribution >= 0.6 is 0 Å². The third kappa shape index (κ3) is 5.25. The molecule has 0 spiro atoms. The highest BCUT2D eigenvalue weighted by molar-refractivity contribution is 5.83. The van der Waals surface area contributed by atoms with Crippen molar-refractivity contribution in [3.63, 3.8) is 0 Å². The van der Waals surface area contributed by atoms with E-state index in [9.17, 15) is 20.2 Å². The highest BCUT2D eigenvalue weighted by Gasteiger charge is 2.36. The van der Waals surface area contributed by atoms with Gasteiger partial charge in [-0.15, -0.1) is 0 Å². The highest BCUT2D eigenvalue weighted by Crippen LogP contribution is 2.37. The SMILES string of the molecule is CCOC(=O)C1CCCCN1c1ncnc(Nc2ccc(C(C#N)c3ccccc3)cc2)c1[N+](=O)[O-]. The predicted molar refractivity (Wildman–Crippen MR) is 134 cm³/mol. The molecule has 2 atom stereocenters. The first-order valence-electron chi connectivity index (χ1n) is 11.8. The highest BCUT2D eigenvalue weighted by atomic mass is 16.6. The van der Waals surface area contributed by atoms with E-state index in [2.05, 4.69) is 21.4 Å². The van der Waals surface area contributed by atoms with Crippen LogP contribution in [-0.4, -0.2) is 40.1 Å². The van der Waals surface area contributed by atoms with Crippen molar-refractivity contribution in [1.82, 2.24) is 9.97 Å². The molecule has 1 aliphatic heterocycles. The second-order valence-corrected chi connectivity index (χ2v) is 8.33. The number of nitriles is 1. The predicted octanol–water partition coefficient (Wildman–Crippen LogP) is 4.71. The fourth-order valence-electron chi connectivity index (χ4n) is 4.39. The Kier molecular flexibility index (Phi) is 7.70. The van der Waals surface area contributed by atoms with E-state index in [1.54, 1.807) is 36.1 Å². The number of carbonyl (C=O) groups excluding carboxylic acids is 1. The number of nitrogens with zero attached hydrogens (tertiary/aromatic N) is 5. The van der Waals surface area contributed by atoms with Gasteiger partial charge in [-0.3, -0.25) is 10.1 Å². The lowest BCUT2D eigenvalue weighted by Gasteiger charge is -2.34. The van der Waals surface area contributed by atoms with Crippen molar-refractivity contribution in [2.45, 2.75) is 38.1 Å². The summed E-state index contributed by atoms with van der Waals surface area (Å²) in [5, 5.41) is 24.8. The van der Waals surface area contributed by atoms with Crippen LogP contribution in [-0.2, 0) is 9.53 Å².